The first-order valence-electron chi connectivity index (χ1n) is 6.63. The highest BCUT2D eigenvalue weighted by molar-refractivity contribution is 5.77. The summed E-state index contributed by atoms with van der Waals surface area (Å²) in [6.07, 6.45) is 0.605. The molecule has 0 aromatic rings. The number of halogens is 3. The summed E-state index contributed by atoms with van der Waals surface area (Å²) in [6.45, 7) is 0.0632. The van der Waals surface area contributed by atoms with Crippen LogP contribution in [0.4, 0.5) is 13.2 Å². The van der Waals surface area contributed by atoms with E-state index in [1.165, 1.54) is 25.7 Å². The lowest BCUT2D eigenvalue weighted by Gasteiger charge is -2.23. The number of likely N-dealkylation sites (N-methyl/N-ethyl adjacent to an activating group) is 1. The predicted molar refractivity (Wildman–Crippen MR) is 66.8 cm³/mol. The highest BCUT2D eigenvalue weighted by Crippen LogP contribution is 2.21. The molecule has 1 aliphatic rings. The molecule has 0 heterocycles. The smallest absolute Gasteiger partial charge is 0.346 e. The Kier molecular flexibility index (Phi) is 6.57. The van der Waals surface area contributed by atoms with Crippen molar-refractivity contribution in [3.05, 3.63) is 0 Å². The van der Waals surface area contributed by atoms with E-state index in [-0.39, 0.29) is 6.54 Å². The monoisotopic (exact) mass is 281 g/mol. The van der Waals surface area contributed by atoms with E-state index in [0.717, 1.165) is 6.54 Å². The van der Waals surface area contributed by atoms with Crippen LogP contribution in [0.1, 0.15) is 25.7 Å². The van der Waals surface area contributed by atoms with Crippen LogP contribution in [0.5, 0.6) is 0 Å². The molecule has 0 aliphatic heterocycles. The van der Waals surface area contributed by atoms with E-state index in [0.29, 0.717) is 12.6 Å². The lowest BCUT2D eigenvalue weighted by atomic mass is 10.2. The van der Waals surface area contributed by atoms with Gasteiger partial charge in [0.15, 0.2) is 0 Å². The zero-order valence-corrected chi connectivity index (χ0v) is 11.2. The van der Waals surface area contributed by atoms with Gasteiger partial charge in [0.25, 0.3) is 0 Å². The van der Waals surface area contributed by atoms with Crippen LogP contribution in [0.15, 0.2) is 0 Å². The Morgan fingerprint density at radius 2 is 1.95 bits per heavy atom. The molecular weight excluding hydrogens is 259 g/mol. The van der Waals surface area contributed by atoms with Gasteiger partial charge in [0.1, 0.15) is 6.54 Å². The second-order valence-electron chi connectivity index (χ2n) is 4.99. The van der Waals surface area contributed by atoms with Crippen molar-refractivity contribution in [1.29, 1.82) is 0 Å². The minimum absolute atomic E-state index is 0.0748. The molecule has 2 N–H and O–H groups in total. The molecule has 1 saturated carbocycles. The van der Waals surface area contributed by atoms with Crippen LogP contribution < -0.4 is 10.6 Å². The van der Waals surface area contributed by atoms with E-state index in [1.807, 2.05) is 12.4 Å². The van der Waals surface area contributed by atoms with Crippen molar-refractivity contribution in [2.45, 2.75) is 37.9 Å². The molecule has 1 aliphatic carbocycles. The van der Waals surface area contributed by atoms with Gasteiger partial charge in [-0.1, -0.05) is 12.8 Å². The highest BCUT2D eigenvalue weighted by atomic mass is 19.4. The quantitative estimate of drug-likeness (QED) is 0.688. The van der Waals surface area contributed by atoms with Crippen LogP contribution in [0.3, 0.4) is 0 Å². The third-order valence-electron chi connectivity index (χ3n) is 3.36. The molecule has 0 bridgehead atoms. The highest BCUT2D eigenvalue weighted by Gasteiger charge is 2.27. The molecule has 0 radical (unpaired) electrons. The fourth-order valence-electron chi connectivity index (χ4n) is 2.25. The molecule has 0 aromatic carbocycles. The average Bonchev–Trinajstić information content (AvgIpc) is 2.84. The van der Waals surface area contributed by atoms with Crippen LogP contribution >= 0.6 is 0 Å². The number of carbonyl (C=O) groups is 1. The van der Waals surface area contributed by atoms with Crippen molar-refractivity contribution in [3.8, 4) is 0 Å². The SMILES string of the molecule is CN(CCNCC(=O)NCC(F)(F)F)C1CCCC1. The molecule has 1 fully saturated rings. The Labute approximate surface area is 111 Å². The minimum Gasteiger partial charge on any atom is -0.346 e. The molecule has 4 nitrogen and oxygen atoms in total. The molecular formula is C12H22F3N3O. The second kappa shape index (κ2) is 7.69. The molecule has 0 spiro atoms. The normalized spacial score (nSPS) is 17.1. The molecule has 19 heavy (non-hydrogen) atoms. The summed E-state index contributed by atoms with van der Waals surface area (Å²) in [5.41, 5.74) is 0. The summed E-state index contributed by atoms with van der Waals surface area (Å²) in [4.78, 5) is 13.3. The van der Waals surface area contributed by atoms with Gasteiger partial charge in [0.2, 0.25) is 5.91 Å². The average molecular weight is 281 g/mol. The first kappa shape index (κ1) is 16.2. The van der Waals surface area contributed by atoms with E-state index in [4.69, 9.17) is 0 Å². The first-order valence-corrected chi connectivity index (χ1v) is 6.63. The molecule has 1 rings (SSSR count). The number of nitrogens with zero attached hydrogens (tertiary/aromatic N) is 1. The van der Waals surface area contributed by atoms with Crippen LogP contribution in [-0.2, 0) is 4.79 Å². The number of hydrogen-bond donors (Lipinski definition) is 2. The van der Waals surface area contributed by atoms with Gasteiger partial charge < -0.3 is 15.5 Å². The van der Waals surface area contributed by atoms with Gasteiger partial charge >= 0.3 is 6.18 Å². The number of alkyl halides is 3. The topological polar surface area (TPSA) is 44.4 Å². The largest absolute Gasteiger partial charge is 0.405 e. The Morgan fingerprint density at radius 3 is 2.53 bits per heavy atom. The van der Waals surface area contributed by atoms with Crippen LogP contribution in [0, 0.1) is 0 Å². The van der Waals surface area contributed by atoms with E-state index in [2.05, 4.69) is 10.2 Å². The molecule has 0 saturated heterocycles. The molecule has 112 valence electrons. The van der Waals surface area contributed by atoms with Crippen LogP contribution in [0.2, 0.25) is 0 Å². The lowest BCUT2D eigenvalue weighted by Crippen LogP contribution is -2.41. The lowest BCUT2D eigenvalue weighted by molar-refractivity contribution is -0.137. The minimum atomic E-state index is -4.35. The molecule has 7 heteroatoms. The molecule has 0 aromatic heterocycles. The van der Waals surface area contributed by atoms with E-state index < -0.39 is 18.6 Å². The third kappa shape index (κ3) is 7.37. The number of nitrogens with one attached hydrogen (secondary N) is 2. The summed E-state index contributed by atoms with van der Waals surface area (Å²) < 4.78 is 35.5. The van der Waals surface area contributed by atoms with Crippen LogP contribution in [0.25, 0.3) is 0 Å². The maximum atomic E-state index is 11.8. The van der Waals surface area contributed by atoms with Crippen LogP contribution in [-0.4, -0.2) is 56.3 Å². The second-order valence-corrected chi connectivity index (χ2v) is 4.99. The van der Waals surface area contributed by atoms with Gasteiger partial charge in [0.05, 0.1) is 6.54 Å². The summed E-state index contributed by atoms with van der Waals surface area (Å²) in [6, 6.07) is 0.612. The molecule has 0 atom stereocenters. The maximum absolute atomic E-state index is 11.8. The fourth-order valence-corrected chi connectivity index (χ4v) is 2.25. The number of amides is 1. The fraction of sp³-hybridized carbons (Fsp3) is 0.917. The van der Waals surface area contributed by atoms with Gasteiger partial charge in [-0.2, -0.15) is 13.2 Å². The number of hydrogen-bond acceptors (Lipinski definition) is 3. The Morgan fingerprint density at radius 1 is 1.32 bits per heavy atom. The Bertz CT molecular complexity index is 278. The Balaban J connectivity index is 2.02. The first-order chi connectivity index (χ1) is 8.88. The zero-order valence-electron chi connectivity index (χ0n) is 11.2. The van der Waals surface area contributed by atoms with E-state index in [9.17, 15) is 18.0 Å². The predicted octanol–water partition coefficient (Wildman–Crippen LogP) is 1.13. The zero-order chi connectivity index (χ0) is 14.3. The van der Waals surface area contributed by atoms with Crippen molar-refractivity contribution in [2.75, 3.05) is 33.2 Å². The van der Waals surface area contributed by atoms with Gasteiger partial charge in [-0.05, 0) is 19.9 Å². The van der Waals surface area contributed by atoms with Crippen molar-refractivity contribution in [1.82, 2.24) is 15.5 Å². The van der Waals surface area contributed by atoms with Gasteiger partial charge in [-0.15, -0.1) is 0 Å². The van der Waals surface area contributed by atoms with Gasteiger partial charge in [0, 0.05) is 19.1 Å². The molecule has 1 amide bonds. The standard InChI is InChI=1S/C12H22F3N3O/c1-18(10-4-2-3-5-10)7-6-16-8-11(19)17-9-12(13,14)15/h10,16H,2-9H2,1H3,(H,17,19). The summed E-state index contributed by atoms with van der Waals surface area (Å²) in [7, 11) is 2.04. The van der Waals surface area contributed by atoms with E-state index in [1.54, 1.807) is 0 Å². The number of rotatable bonds is 7. The third-order valence-corrected chi connectivity index (χ3v) is 3.36. The maximum Gasteiger partial charge on any atom is 0.405 e. The van der Waals surface area contributed by atoms with Gasteiger partial charge in [-0.3, -0.25) is 4.79 Å². The van der Waals surface area contributed by atoms with Gasteiger partial charge in [-0.25, -0.2) is 0 Å². The molecule has 0 unspecified atom stereocenters. The van der Waals surface area contributed by atoms with Crippen molar-refractivity contribution in [2.24, 2.45) is 0 Å². The summed E-state index contributed by atoms with van der Waals surface area (Å²) >= 11 is 0. The number of carbonyl (C=O) groups excluding carboxylic acids is 1. The Hall–Kier alpha value is -0.820. The summed E-state index contributed by atoms with van der Waals surface area (Å²) in [5.74, 6) is -0.624. The summed E-state index contributed by atoms with van der Waals surface area (Å²) in [5, 5.41) is 4.68. The van der Waals surface area contributed by atoms with Crippen molar-refractivity contribution < 1.29 is 18.0 Å². The van der Waals surface area contributed by atoms with Crippen molar-refractivity contribution >= 4 is 5.91 Å². The van der Waals surface area contributed by atoms with E-state index >= 15 is 0 Å². The van der Waals surface area contributed by atoms with Crippen molar-refractivity contribution in [3.63, 3.8) is 0 Å².